The summed E-state index contributed by atoms with van der Waals surface area (Å²) in [5, 5.41) is 3.37. The first kappa shape index (κ1) is 12.3. The summed E-state index contributed by atoms with van der Waals surface area (Å²) in [7, 11) is 0. The number of nitrogens with one attached hydrogen (secondary N) is 1. The smallest absolute Gasteiger partial charge is 0.159 e. The van der Waals surface area contributed by atoms with Crippen LogP contribution >= 0.6 is 0 Å². The average Bonchev–Trinajstić information content (AvgIpc) is 2.47. The Kier molecular flexibility index (Phi) is 3.30. The van der Waals surface area contributed by atoms with E-state index in [-0.39, 0.29) is 0 Å². The second-order valence-electron chi connectivity index (χ2n) is 5.04. The van der Waals surface area contributed by atoms with Crippen LogP contribution in [0.2, 0.25) is 0 Å². The fourth-order valence-electron chi connectivity index (χ4n) is 2.57. The molecular weight excluding hydrogens is 234 g/mol. The number of rotatable bonds is 2. The third kappa shape index (κ3) is 2.38. The lowest BCUT2D eigenvalue weighted by Crippen LogP contribution is -2.26. The van der Waals surface area contributed by atoms with Gasteiger partial charge in [-0.1, -0.05) is 31.2 Å². The molecule has 3 rings (SSSR count). The number of hydrogen-bond acceptors (Lipinski definition) is 3. The third-order valence-electron chi connectivity index (χ3n) is 3.76. The second kappa shape index (κ2) is 5.10. The first-order valence-corrected chi connectivity index (χ1v) is 6.94. The fraction of sp³-hybridized carbons (Fsp3) is 0.375. The Bertz CT molecular complexity index is 588. The van der Waals surface area contributed by atoms with E-state index in [0.29, 0.717) is 0 Å². The van der Waals surface area contributed by atoms with Gasteiger partial charge in [-0.25, -0.2) is 9.97 Å². The Morgan fingerprint density at radius 2 is 1.95 bits per heavy atom. The SMILES string of the molecule is CCc1ccc(-c2nc(C)c3c(n2)CNCC3)cc1. The van der Waals surface area contributed by atoms with Crippen molar-refractivity contribution in [1.29, 1.82) is 0 Å². The van der Waals surface area contributed by atoms with Gasteiger partial charge < -0.3 is 5.32 Å². The van der Waals surface area contributed by atoms with Crippen molar-refractivity contribution in [2.45, 2.75) is 33.2 Å². The van der Waals surface area contributed by atoms with Crippen molar-refractivity contribution in [2.75, 3.05) is 6.54 Å². The number of fused-ring (bicyclic) bond motifs is 1. The summed E-state index contributed by atoms with van der Waals surface area (Å²) in [5.74, 6) is 0.850. The van der Waals surface area contributed by atoms with E-state index in [9.17, 15) is 0 Å². The number of benzene rings is 1. The Hall–Kier alpha value is -1.74. The van der Waals surface area contributed by atoms with Crippen molar-refractivity contribution in [3.05, 3.63) is 46.8 Å². The summed E-state index contributed by atoms with van der Waals surface area (Å²) in [5.41, 5.74) is 6.07. The highest BCUT2D eigenvalue weighted by molar-refractivity contribution is 5.56. The number of aromatic nitrogens is 2. The molecule has 1 aliphatic rings. The van der Waals surface area contributed by atoms with Crippen molar-refractivity contribution in [3.8, 4) is 11.4 Å². The lowest BCUT2D eigenvalue weighted by atomic mass is 10.0. The minimum Gasteiger partial charge on any atom is -0.311 e. The zero-order chi connectivity index (χ0) is 13.2. The van der Waals surface area contributed by atoms with Gasteiger partial charge in [-0.3, -0.25) is 0 Å². The summed E-state index contributed by atoms with van der Waals surface area (Å²) < 4.78 is 0. The standard InChI is InChI=1S/C16H19N3/c1-3-12-4-6-13(7-5-12)16-18-11(2)14-8-9-17-10-15(14)19-16/h4-7,17H,3,8-10H2,1-2H3. The molecule has 2 aromatic rings. The Morgan fingerprint density at radius 3 is 2.68 bits per heavy atom. The van der Waals surface area contributed by atoms with E-state index in [4.69, 9.17) is 4.98 Å². The van der Waals surface area contributed by atoms with Gasteiger partial charge in [-0.05, 0) is 37.4 Å². The summed E-state index contributed by atoms with van der Waals surface area (Å²) in [6.07, 6.45) is 2.10. The van der Waals surface area contributed by atoms with Crippen LogP contribution < -0.4 is 5.32 Å². The molecule has 19 heavy (non-hydrogen) atoms. The van der Waals surface area contributed by atoms with Crippen LogP contribution in [-0.4, -0.2) is 16.5 Å². The van der Waals surface area contributed by atoms with E-state index < -0.39 is 0 Å². The zero-order valence-corrected chi connectivity index (χ0v) is 11.5. The van der Waals surface area contributed by atoms with Crippen molar-refractivity contribution in [3.63, 3.8) is 0 Å². The van der Waals surface area contributed by atoms with E-state index in [1.807, 2.05) is 0 Å². The molecule has 3 nitrogen and oxygen atoms in total. The van der Waals surface area contributed by atoms with Crippen LogP contribution in [0, 0.1) is 6.92 Å². The van der Waals surface area contributed by atoms with Crippen LogP contribution in [0.25, 0.3) is 11.4 Å². The average molecular weight is 253 g/mol. The maximum absolute atomic E-state index is 4.73. The predicted molar refractivity (Wildman–Crippen MR) is 77.0 cm³/mol. The van der Waals surface area contributed by atoms with Gasteiger partial charge in [0.2, 0.25) is 0 Å². The second-order valence-corrected chi connectivity index (χ2v) is 5.04. The normalized spacial score (nSPS) is 14.2. The maximum atomic E-state index is 4.73. The molecule has 0 saturated carbocycles. The highest BCUT2D eigenvalue weighted by Crippen LogP contribution is 2.21. The number of hydrogen-bond donors (Lipinski definition) is 1. The molecule has 0 radical (unpaired) electrons. The largest absolute Gasteiger partial charge is 0.311 e. The minimum atomic E-state index is 0.850. The van der Waals surface area contributed by atoms with E-state index in [2.05, 4.69) is 48.4 Å². The molecule has 0 fully saturated rings. The first-order chi connectivity index (χ1) is 9.28. The summed E-state index contributed by atoms with van der Waals surface area (Å²) >= 11 is 0. The Balaban J connectivity index is 2.02. The van der Waals surface area contributed by atoms with Crippen LogP contribution in [0.5, 0.6) is 0 Å². The van der Waals surface area contributed by atoms with Gasteiger partial charge >= 0.3 is 0 Å². The van der Waals surface area contributed by atoms with E-state index in [1.165, 1.54) is 11.1 Å². The highest BCUT2D eigenvalue weighted by Gasteiger charge is 2.15. The van der Waals surface area contributed by atoms with Crippen molar-refractivity contribution >= 4 is 0 Å². The summed E-state index contributed by atoms with van der Waals surface area (Å²) in [6, 6.07) is 8.56. The fourth-order valence-corrected chi connectivity index (χ4v) is 2.57. The molecule has 1 N–H and O–H groups in total. The van der Waals surface area contributed by atoms with Gasteiger partial charge in [0.15, 0.2) is 5.82 Å². The molecule has 0 saturated heterocycles. The van der Waals surface area contributed by atoms with Gasteiger partial charge in [-0.15, -0.1) is 0 Å². The van der Waals surface area contributed by atoms with Crippen molar-refractivity contribution in [1.82, 2.24) is 15.3 Å². The first-order valence-electron chi connectivity index (χ1n) is 6.94. The molecule has 0 amide bonds. The maximum Gasteiger partial charge on any atom is 0.159 e. The van der Waals surface area contributed by atoms with Crippen molar-refractivity contribution < 1.29 is 0 Å². The quantitative estimate of drug-likeness (QED) is 0.894. The molecule has 0 bridgehead atoms. The number of nitrogens with zero attached hydrogens (tertiary/aromatic N) is 2. The van der Waals surface area contributed by atoms with E-state index in [1.54, 1.807) is 0 Å². The van der Waals surface area contributed by atoms with Gasteiger partial charge in [0.05, 0.1) is 5.69 Å². The van der Waals surface area contributed by atoms with Crippen LogP contribution in [0.1, 0.15) is 29.4 Å². The lowest BCUT2D eigenvalue weighted by Gasteiger charge is -2.18. The Morgan fingerprint density at radius 1 is 1.16 bits per heavy atom. The number of aryl methyl sites for hydroxylation is 2. The lowest BCUT2D eigenvalue weighted by molar-refractivity contribution is 0.620. The monoisotopic (exact) mass is 253 g/mol. The molecule has 2 heterocycles. The molecular formula is C16H19N3. The van der Waals surface area contributed by atoms with Crippen LogP contribution in [0.4, 0.5) is 0 Å². The molecule has 0 atom stereocenters. The molecule has 0 aliphatic carbocycles. The molecule has 1 aromatic carbocycles. The van der Waals surface area contributed by atoms with Gasteiger partial charge in [0.1, 0.15) is 0 Å². The zero-order valence-electron chi connectivity index (χ0n) is 11.5. The topological polar surface area (TPSA) is 37.8 Å². The molecule has 1 aromatic heterocycles. The summed E-state index contributed by atoms with van der Waals surface area (Å²) in [6.45, 7) is 6.15. The van der Waals surface area contributed by atoms with Gasteiger partial charge in [0, 0.05) is 17.8 Å². The van der Waals surface area contributed by atoms with Crippen LogP contribution in [0.3, 0.4) is 0 Å². The molecule has 3 heteroatoms. The molecule has 0 unspecified atom stereocenters. The highest BCUT2D eigenvalue weighted by atomic mass is 15.0. The van der Waals surface area contributed by atoms with Crippen molar-refractivity contribution in [2.24, 2.45) is 0 Å². The summed E-state index contributed by atoms with van der Waals surface area (Å²) in [4.78, 5) is 9.40. The van der Waals surface area contributed by atoms with Crippen LogP contribution in [-0.2, 0) is 19.4 Å². The van der Waals surface area contributed by atoms with Crippen LogP contribution in [0.15, 0.2) is 24.3 Å². The molecule has 1 aliphatic heterocycles. The minimum absolute atomic E-state index is 0.850. The molecule has 98 valence electrons. The molecule has 0 spiro atoms. The van der Waals surface area contributed by atoms with E-state index in [0.717, 1.165) is 48.7 Å². The predicted octanol–water partition coefficient (Wildman–Crippen LogP) is 2.66. The van der Waals surface area contributed by atoms with E-state index >= 15 is 0 Å². The van der Waals surface area contributed by atoms with Gasteiger partial charge in [0.25, 0.3) is 0 Å². The third-order valence-corrected chi connectivity index (χ3v) is 3.76. The van der Waals surface area contributed by atoms with Gasteiger partial charge in [-0.2, -0.15) is 0 Å². The Labute approximate surface area is 114 Å².